The van der Waals surface area contributed by atoms with E-state index in [0.29, 0.717) is 18.9 Å². The van der Waals surface area contributed by atoms with Crippen molar-refractivity contribution in [2.75, 3.05) is 19.8 Å². The Hall–Kier alpha value is -3.30. The number of benzene rings is 2. The highest BCUT2D eigenvalue weighted by Gasteiger charge is 2.21. The van der Waals surface area contributed by atoms with Crippen LogP contribution in [0.2, 0.25) is 0 Å². The Balaban J connectivity index is 1.80. The first-order valence-corrected chi connectivity index (χ1v) is 10.2. The maximum atomic E-state index is 13.3. The van der Waals surface area contributed by atoms with Crippen LogP contribution in [0.4, 0.5) is 8.78 Å². The van der Waals surface area contributed by atoms with Gasteiger partial charge in [-0.2, -0.15) is 5.10 Å². The van der Waals surface area contributed by atoms with Crippen molar-refractivity contribution < 1.29 is 27.8 Å². The normalized spacial score (nSPS) is 11.0. The number of carbonyl (C=O) groups excluding carboxylic acids is 1. The van der Waals surface area contributed by atoms with E-state index in [1.807, 2.05) is 13.8 Å². The van der Waals surface area contributed by atoms with Crippen molar-refractivity contribution in [3.63, 3.8) is 0 Å². The number of ether oxygens (including phenoxy) is 3. The summed E-state index contributed by atoms with van der Waals surface area (Å²) in [5, 5.41) is 7.06. The summed E-state index contributed by atoms with van der Waals surface area (Å²) in [6, 6.07) is 11.5. The quantitative estimate of drug-likeness (QED) is 0.454. The highest BCUT2D eigenvalue weighted by Crippen LogP contribution is 2.22. The summed E-state index contributed by atoms with van der Waals surface area (Å²) in [7, 11) is 0. The van der Waals surface area contributed by atoms with Crippen LogP contribution in [0.15, 0.2) is 54.7 Å². The van der Waals surface area contributed by atoms with E-state index in [1.165, 1.54) is 47.3 Å². The number of aromatic nitrogens is 2. The van der Waals surface area contributed by atoms with Crippen molar-refractivity contribution in [3.05, 3.63) is 77.6 Å². The van der Waals surface area contributed by atoms with Crippen molar-refractivity contribution in [1.29, 1.82) is 0 Å². The van der Waals surface area contributed by atoms with Gasteiger partial charge in [0.1, 0.15) is 18.2 Å². The molecule has 0 aliphatic heterocycles. The highest BCUT2D eigenvalue weighted by atomic mass is 19.1. The Morgan fingerprint density at radius 3 is 2.19 bits per heavy atom. The average Bonchev–Trinajstić information content (AvgIpc) is 3.22. The molecule has 0 radical (unpaired) electrons. The van der Waals surface area contributed by atoms with Crippen LogP contribution in [0.5, 0.6) is 5.75 Å². The zero-order chi connectivity index (χ0) is 22.9. The fourth-order valence-electron chi connectivity index (χ4n) is 2.89. The molecule has 1 amide bonds. The zero-order valence-corrected chi connectivity index (χ0v) is 17.9. The van der Waals surface area contributed by atoms with Gasteiger partial charge in [0, 0.05) is 13.2 Å². The Morgan fingerprint density at radius 1 is 1.00 bits per heavy atom. The van der Waals surface area contributed by atoms with E-state index in [1.54, 1.807) is 12.1 Å². The predicted molar refractivity (Wildman–Crippen MR) is 114 cm³/mol. The third kappa shape index (κ3) is 6.35. The van der Waals surface area contributed by atoms with Crippen LogP contribution in [0, 0.1) is 11.6 Å². The van der Waals surface area contributed by atoms with Crippen LogP contribution in [-0.2, 0) is 16.1 Å². The minimum Gasteiger partial charge on any atom is -0.485 e. The lowest BCUT2D eigenvalue weighted by Crippen LogP contribution is -2.35. The van der Waals surface area contributed by atoms with Gasteiger partial charge in [-0.15, -0.1) is 0 Å². The van der Waals surface area contributed by atoms with Gasteiger partial charge >= 0.3 is 0 Å². The zero-order valence-electron chi connectivity index (χ0n) is 17.9. The molecule has 0 bridgehead atoms. The van der Waals surface area contributed by atoms with Gasteiger partial charge in [0.2, 0.25) is 0 Å². The molecule has 0 fully saturated rings. The van der Waals surface area contributed by atoms with E-state index in [2.05, 4.69) is 10.4 Å². The summed E-state index contributed by atoms with van der Waals surface area (Å²) in [5.41, 5.74) is 1.32. The minimum absolute atomic E-state index is 0.0446. The molecule has 0 saturated heterocycles. The maximum Gasteiger partial charge on any atom is 0.275 e. The summed E-state index contributed by atoms with van der Waals surface area (Å²) in [6.07, 6.45) is 0.950. The molecule has 9 heteroatoms. The van der Waals surface area contributed by atoms with E-state index < -0.39 is 12.2 Å². The molecule has 2 aromatic carbocycles. The van der Waals surface area contributed by atoms with Crippen molar-refractivity contribution in [2.45, 2.75) is 26.7 Å². The monoisotopic (exact) mass is 445 g/mol. The molecular formula is C23H25F2N3O4. The number of amides is 1. The Bertz CT molecular complexity index is 1000. The van der Waals surface area contributed by atoms with Gasteiger partial charge in [-0.25, -0.2) is 13.5 Å². The average molecular weight is 445 g/mol. The lowest BCUT2D eigenvalue weighted by Gasteiger charge is -2.17. The first-order chi connectivity index (χ1) is 15.5. The molecule has 1 N–H and O–H groups in total. The standard InChI is InChI=1S/C23H25F2N3O4/c1-3-30-21(31-4-2)13-26-23(29)22-20(32-15-16-5-7-17(24)8-6-16)14-28(27-22)19-11-9-18(25)10-12-19/h5-12,14,21H,3-4,13,15H2,1-2H3,(H,26,29). The summed E-state index contributed by atoms with van der Waals surface area (Å²) < 4.78 is 44.5. The van der Waals surface area contributed by atoms with E-state index in [0.717, 1.165) is 5.56 Å². The van der Waals surface area contributed by atoms with Gasteiger partial charge in [-0.05, 0) is 55.8 Å². The van der Waals surface area contributed by atoms with Crippen LogP contribution in [0.3, 0.4) is 0 Å². The van der Waals surface area contributed by atoms with Crippen molar-refractivity contribution in [1.82, 2.24) is 15.1 Å². The second-order valence-corrected chi connectivity index (χ2v) is 6.73. The fraction of sp³-hybridized carbons (Fsp3) is 0.304. The van der Waals surface area contributed by atoms with E-state index in [-0.39, 0.29) is 36.2 Å². The molecule has 3 rings (SSSR count). The van der Waals surface area contributed by atoms with Crippen LogP contribution in [-0.4, -0.2) is 41.7 Å². The van der Waals surface area contributed by atoms with Gasteiger partial charge in [0.15, 0.2) is 17.7 Å². The second-order valence-electron chi connectivity index (χ2n) is 6.73. The molecule has 0 spiro atoms. The Labute approximate surface area is 184 Å². The molecule has 1 heterocycles. The topological polar surface area (TPSA) is 74.6 Å². The third-order valence-electron chi connectivity index (χ3n) is 4.43. The molecule has 0 aliphatic rings. The van der Waals surface area contributed by atoms with Crippen molar-refractivity contribution in [2.24, 2.45) is 0 Å². The molecular weight excluding hydrogens is 420 g/mol. The summed E-state index contributed by atoms with van der Waals surface area (Å²) >= 11 is 0. The number of nitrogens with one attached hydrogen (secondary N) is 1. The van der Waals surface area contributed by atoms with Gasteiger partial charge < -0.3 is 19.5 Å². The van der Waals surface area contributed by atoms with E-state index >= 15 is 0 Å². The van der Waals surface area contributed by atoms with Crippen LogP contribution in [0.25, 0.3) is 5.69 Å². The highest BCUT2D eigenvalue weighted by molar-refractivity contribution is 5.95. The van der Waals surface area contributed by atoms with Gasteiger partial charge in [0.05, 0.1) is 18.4 Å². The lowest BCUT2D eigenvalue weighted by molar-refractivity contribution is -0.131. The third-order valence-corrected chi connectivity index (χ3v) is 4.43. The maximum absolute atomic E-state index is 13.3. The lowest BCUT2D eigenvalue weighted by atomic mass is 10.2. The van der Waals surface area contributed by atoms with E-state index in [9.17, 15) is 13.6 Å². The largest absolute Gasteiger partial charge is 0.485 e. The smallest absolute Gasteiger partial charge is 0.275 e. The molecule has 0 aliphatic carbocycles. The fourth-order valence-corrected chi connectivity index (χ4v) is 2.89. The van der Waals surface area contributed by atoms with Crippen LogP contribution in [0.1, 0.15) is 29.9 Å². The van der Waals surface area contributed by atoms with Gasteiger partial charge in [-0.1, -0.05) is 12.1 Å². The predicted octanol–water partition coefficient (Wildman–Crippen LogP) is 3.86. The Kier molecular flexibility index (Phi) is 8.29. The van der Waals surface area contributed by atoms with Crippen LogP contribution < -0.4 is 10.1 Å². The molecule has 0 atom stereocenters. The molecule has 7 nitrogen and oxygen atoms in total. The SMILES string of the molecule is CCOC(CNC(=O)c1nn(-c2ccc(F)cc2)cc1OCc1ccc(F)cc1)OCC. The summed E-state index contributed by atoms with van der Waals surface area (Å²) in [6.45, 7) is 4.77. The number of carbonyl (C=O) groups is 1. The number of halogens is 2. The van der Waals surface area contributed by atoms with Crippen LogP contribution >= 0.6 is 0 Å². The van der Waals surface area contributed by atoms with Crippen molar-refractivity contribution >= 4 is 5.91 Å². The molecule has 170 valence electrons. The number of hydrogen-bond acceptors (Lipinski definition) is 5. The summed E-state index contributed by atoms with van der Waals surface area (Å²) in [5.74, 6) is -0.995. The first kappa shape index (κ1) is 23.4. The number of rotatable bonds is 11. The number of hydrogen-bond donors (Lipinski definition) is 1. The first-order valence-electron chi connectivity index (χ1n) is 10.2. The Morgan fingerprint density at radius 2 is 1.59 bits per heavy atom. The molecule has 0 saturated carbocycles. The number of nitrogens with zero attached hydrogens (tertiary/aromatic N) is 2. The minimum atomic E-state index is -0.586. The van der Waals surface area contributed by atoms with E-state index in [4.69, 9.17) is 14.2 Å². The van der Waals surface area contributed by atoms with Gasteiger partial charge in [-0.3, -0.25) is 4.79 Å². The molecule has 32 heavy (non-hydrogen) atoms. The summed E-state index contributed by atoms with van der Waals surface area (Å²) in [4.78, 5) is 12.8. The second kappa shape index (κ2) is 11.4. The molecule has 0 unspecified atom stereocenters. The molecule has 3 aromatic rings. The van der Waals surface area contributed by atoms with Crippen molar-refractivity contribution in [3.8, 4) is 11.4 Å². The van der Waals surface area contributed by atoms with Gasteiger partial charge in [0.25, 0.3) is 5.91 Å². The molecule has 1 aromatic heterocycles.